The molecule has 74 valence electrons. The zero-order valence-corrected chi connectivity index (χ0v) is 7.89. The van der Waals surface area contributed by atoms with Gasteiger partial charge in [-0.15, -0.1) is 0 Å². The second-order valence-corrected chi connectivity index (χ2v) is 3.48. The Kier molecular flexibility index (Phi) is 2.35. The third-order valence-electron chi connectivity index (χ3n) is 2.61. The SMILES string of the molecule is NC(=O)N1CCC[C@H]1c1cccnc1. The van der Waals surface area contributed by atoms with Gasteiger partial charge in [-0.3, -0.25) is 4.98 Å². The lowest BCUT2D eigenvalue weighted by atomic mass is 10.1. The molecule has 2 amide bonds. The van der Waals surface area contributed by atoms with E-state index in [1.165, 1.54) is 0 Å². The summed E-state index contributed by atoms with van der Waals surface area (Å²) in [4.78, 5) is 16.9. The molecule has 4 nitrogen and oxygen atoms in total. The lowest BCUT2D eigenvalue weighted by Crippen LogP contribution is -2.35. The summed E-state index contributed by atoms with van der Waals surface area (Å²) in [5.74, 6) is 0. The summed E-state index contributed by atoms with van der Waals surface area (Å²) in [5, 5.41) is 0. The minimum atomic E-state index is -0.337. The van der Waals surface area contributed by atoms with Gasteiger partial charge in [-0.2, -0.15) is 0 Å². The topological polar surface area (TPSA) is 59.2 Å². The quantitative estimate of drug-likeness (QED) is 0.727. The Bertz CT molecular complexity index is 325. The molecule has 0 radical (unpaired) electrons. The van der Waals surface area contributed by atoms with Crippen molar-refractivity contribution in [1.82, 2.24) is 9.88 Å². The number of likely N-dealkylation sites (tertiary alicyclic amines) is 1. The van der Waals surface area contributed by atoms with Crippen LogP contribution >= 0.6 is 0 Å². The fourth-order valence-electron chi connectivity index (χ4n) is 1.95. The van der Waals surface area contributed by atoms with Crippen LogP contribution in [0, 0.1) is 0 Å². The summed E-state index contributed by atoms with van der Waals surface area (Å²) >= 11 is 0. The van der Waals surface area contributed by atoms with Crippen molar-refractivity contribution in [1.29, 1.82) is 0 Å². The van der Waals surface area contributed by atoms with Gasteiger partial charge in [0.2, 0.25) is 0 Å². The molecule has 0 aliphatic carbocycles. The van der Waals surface area contributed by atoms with Gasteiger partial charge < -0.3 is 10.6 Å². The number of amides is 2. The molecule has 0 aromatic carbocycles. The standard InChI is InChI=1S/C10H13N3O/c11-10(14)13-6-2-4-9(13)8-3-1-5-12-7-8/h1,3,5,7,9H,2,4,6H2,(H2,11,14)/t9-/m0/s1. The second kappa shape index (κ2) is 3.65. The molecule has 1 aliphatic rings. The van der Waals surface area contributed by atoms with Crippen LogP contribution in [0.15, 0.2) is 24.5 Å². The van der Waals surface area contributed by atoms with Gasteiger partial charge in [-0.05, 0) is 24.5 Å². The number of hydrogen-bond donors (Lipinski definition) is 1. The van der Waals surface area contributed by atoms with Gasteiger partial charge in [0.15, 0.2) is 0 Å². The first-order chi connectivity index (χ1) is 6.79. The molecule has 4 heteroatoms. The third-order valence-corrected chi connectivity index (χ3v) is 2.61. The van der Waals surface area contributed by atoms with Crippen molar-refractivity contribution in [3.05, 3.63) is 30.1 Å². The van der Waals surface area contributed by atoms with Crippen LogP contribution in [-0.4, -0.2) is 22.5 Å². The highest BCUT2D eigenvalue weighted by Gasteiger charge is 2.28. The molecule has 1 saturated heterocycles. The fourth-order valence-corrected chi connectivity index (χ4v) is 1.95. The molecule has 1 atom stereocenters. The summed E-state index contributed by atoms with van der Waals surface area (Å²) < 4.78 is 0. The van der Waals surface area contributed by atoms with Crippen molar-refractivity contribution in [2.45, 2.75) is 18.9 Å². The van der Waals surface area contributed by atoms with Crippen LogP contribution < -0.4 is 5.73 Å². The lowest BCUT2D eigenvalue weighted by Gasteiger charge is -2.22. The van der Waals surface area contributed by atoms with E-state index >= 15 is 0 Å². The number of aromatic nitrogens is 1. The number of carbonyl (C=O) groups excluding carboxylic acids is 1. The lowest BCUT2D eigenvalue weighted by molar-refractivity contribution is 0.203. The van der Waals surface area contributed by atoms with Crippen LogP contribution in [0.5, 0.6) is 0 Å². The first-order valence-corrected chi connectivity index (χ1v) is 4.75. The molecule has 0 bridgehead atoms. The third kappa shape index (κ3) is 1.55. The number of nitrogens with zero attached hydrogens (tertiary/aromatic N) is 2. The van der Waals surface area contributed by atoms with Gasteiger partial charge in [0.1, 0.15) is 0 Å². The van der Waals surface area contributed by atoms with Crippen LogP contribution in [0.2, 0.25) is 0 Å². The van der Waals surface area contributed by atoms with Crippen molar-refractivity contribution in [2.75, 3.05) is 6.54 Å². The van der Waals surface area contributed by atoms with Gasteiger partial charge in [-0.25, -0.2) is 4.79 Å². The summed E-state index contributed by atoms with van der Waals surface area (Å²) in [6.45, 7) is 0.759. The van der Waals surface area contributed by atoms with Crippen LogP contribution in [-0.2, 0) is 0 Å². The van der Waals surface area contributed by atoms with Gasteiger partial charge in [0.05, 0.1) is 6.04 Å². The Morgan fingerprint density at radius 1 is 1.64 bits per heavy atom. The summed E-state index contributed by atoms with van der Waals surface area (Å²) in [5.41, 5.74) is 6.37. The minimum Gasteiger partial charge on any atom is -0.351 e. The Morgan fingerprint density at radius 2 is 2.50 bits per heavy atom. The molecule has 2 N–H and O–H groups in total. The normalized spacial score (nSPS) is 21.1. The van der Waals surface area contributed by atoms with E-state index in [4.69, 9.17) is 5.73 Å². The van der Waals surface area contributed by atoms with E-state index in [0.29, 0.717) is 0 Å². The Hall–Kier alpha value is -1.58. The van der Waals surface area contributed by atoms with Crippen molar-refractivity contribution < 1.29 is 4.79 Å². The average molecular weight is 191 g/mol. The molecular weight excluding hydrogens is 178 g/mol. The van der Waals surface area contributed by atoms with Gasteiger partial charge in [-0.1, -0.05) is 6.07 Å². The number of nitrogens with two attached hydrogens (primary N) is 1. The van der Waals surface area contributed by atoms with Crippen molar-refractivity contribution in [2.24, 2.45) is 5.73 Å². The van der Waals surface area contributed by atoms with Crippen molar-refractivity contribution in [3.63, 3.8) is 0 Å². The molecule has 0 saturated carbocycles. The number of hydrogen-bond acceptors (Lipinski definition) is 2. The van der Waals surface area contributed by atoms with Gasteiger partial charge in [0.25, 0.3) is 0 Å². The van der Waals surface area contributed by atoms with E-state index in [2.05, 4.69) is 4.98 Å². The molecule has 2 rings (SSSR count). The van der Waals surface area contributed by atoms with Crippen molar-refractivity contribution >= 4 is 6.03 Å². The monoisotopic (exact) mass is 191 g/mol. The maximum atomic E-state index is 11.1. The first kappa shape index (κ1) is 8.99. The zero-order valence-electron chi connectivity index (χ0n) is 7.89. The summed E-state index contributed by atoms with van der Waals surface area (Å²) in [6.07, 6.45) is 5.52. The van der Waals surface area contributed by atoms with Crippen LogP contribution in [0.4, 0.5) is 4.79 Å². The second-order valence-electron chi connectivity index (χ2n) is 3.48. The maximum absolute atomic E-state index is 11.1. The largest absolute Gasteiger partial charge is 0.351 e. The van der Waals surface area contributed by atoms with E-state index in [0.717, 1.165) is 24.9 Å². The van der Waals surface area contributed by atoms with Crippen LogP contribution in [0.25, 0.3) is 0 Å². The molecule has 0 unspecified atom stereocenters. The Morgan fingerprint density at radius 3 is 3.14 bits per heavy atom. The predicted molar refractivity (Wildman–Crippen MR) is 52.5 cm³/mol. The summed E-state index contributed by atoms with van der Waals surface area (Å²) in [6, 6.07) is 3.66. The molecule has 0 spiro atoms. The number of rotatable bonds is 1. The molecule has 1 aromatic rings. The molecular formula is C10H13N3O. The van der Waals surface area contributed by atoms with E-state index in [-0.39, 0.29) is 12.1 Å². The molecule has 1 aromatic heterocycles. The van der Waals surface area contributed by atoms with Crippen molar-refractivity contribution in [3.8, 4) is 0 Å². The van der Waals surface area contributed by atoms with E-state index in [9.17, 15) is 4.79 Å². The smallest absolute Gasteiger partial charge is 0.315 e. The van der Waals surface area contributed by atoms with Gasteiger partial charge in [0, 0.05) is 18.9 Å². The highest BCUT2D eigenvalue weighted by atomic mass is 16.2. The van der Waals surface area contributed by atoms with Crippen LogP contribution in [0.3, 0.4) is 0 Å². The maximum Gasteiger partial charge on any atom is 0.315 e. The number of pyridine rings is 1. The van der Waals surface area contributed by atoms with E-state index < -0.39 is 0 Å². The van der Waals surface area contributed by atoms with E-state index in [1.807, 2.05) is 12.1 Å². The highest BCUT2D eigenvalue weighted by molar-refractivity contribution is 5.73. The Balaban J connectivity index is 2.22. The molecule has 1 fully saturated rings. The fraction of sp³-hybridized carbons (Fsp3) is 0.400. The number of carbonyl (C=O) groups is 1. The zero-order chi connectivity index (χ0) is 9.97. The van der Waals surface area contributed by atoms with Gasteiger partial charge >= 0.3 is 6.03 Å². The molecule has 14 heavy (non-hydrogen) atoms. The molecule has 1 aliphatic heterocycles. The number of urea groups is 1. The summed E-state index contributed by atoms with van der Waals surface area (Å²) in [7, 11) is 0. The Labute approximate surface area is 82.7 Å². The highest BCUT2D eigenvalue weighted by Crippen LogP contribution is 2.30. The average Bonchev–Trinajstić information content (AvgIpc) is 2.67. The predicted octanol–water partition coefficient (Wildman–Crippen LogP) is 1.30. The first-order valence-electron chi connectivity index (χ1n) is 4.75. The number of primary amides is 1. The minimum absolute atomic E-state index is 0.126. The van der Waals surface area contributed by atoms with E-state index in [1.54, 1.807) is 17.3 Å². The van der Waals surface area contributed by atoms with Crippen LogP contribution in [0.1, 0.15) is 24.4 Å². The molecule has 2 heterocycles.